The number of aromatic nitrogens is 2. The number of benzene rings is 1. The first kappa shape index (κ1) is 14.5. The van der Waals surface area contributed by atoms with Gasteiger partial charge in [0.15, 0.2) is 5.82 Å². The molecule has 1 saturated heterocycles. The van der Waals surface area contributed by atoms with Crippen LogP contribution in [0.25, 0.3) is 11.3 Å². The predicted molar refractivity (Wildman–Crippen MR) is 79.9 cm³/mol. The number of halogens is 2. The Morgan fingerprint density at radius 2 is 2.00 bits per heavy atom. The number of hydrogen-bond donors (Lipinski definition) is 2. The molecule has 5 nitrogen and oxygen atoms in total. The normalized spacial score (nSPS) is 17.5. The number of alkyl halides is 2. The molecule has 3 N–H and O–H groups in total. The number of hydrogen-bond acceptors (Lipinski definition) is 5. The zero-order valence-electron chi connectivity index (χ0n) is 11.8. The first-order valence-corrected chi connectivity index (χ1v) is 7.01. The number of aromatic hydroxyl groups is 1. The average molecular weight is 306 g/mol. The van der Waals surface area contributed by atoms with E-state index in [1.807, 2.05) is 0 Å². The van der Waals surface area contributed by atoms with Crippen molar-refractivity contribution in [2.24, 2.45) is 0 Å². The number of rotatable bonds is 2. The summed E-state index contributed by atoms with van der Waals surface area (Å²) in [5, 5.41) is 17.7. The molecular weight excluding hydrogens is 290 g/mol. The third-order valence-electron chi connectivity index (χ3n) is 3.71. The van der Waals surface area contributed by atoms with Crippen molar-refractivity contribution in [3.63, 3.8) is 0 Å². The van der Waals surface area contributed by atoms with E-state index < -0.39 is 5.92 Å². The van der Waals surface area contributed by atoms with Crippen LogP contribution in [0.4, 0.5) is 20.3 Å². The van der Waals surface area contributed by atoms with Crippen LogP contribution in [-0.4, -0.2) is 34.3 Å². The monoisotopic (exact) mass is 306 g/mol. The fourth-order valence-corrected chi connectivity index (χ4v) is 2.64. The van der Waals surface area contributed by atoms with Gasteiger partial charge in [-0.25, -0.2) is 8.78 Å². The van der Waals surface area contributed by atoms with Gasteiger partial charge in [-0.1, -0.05) is 12.1 Å². The van der Waals surface area contributed by atoms with Crippen LogP contribution in [0.1, 0.15) is 12.8 Å². The molecule has 0 spiro atoms. The maximum absolute atomic E-state index is 13.6. The Labute approximate surface area is 126 Å². The largest absolute Gasteiger partial charge is 0.507 e. The van der Waals surface area contributed by atoms with Crippen LogP contribution in [0, 0.1) is 0 Å². The van der Waals surface area contributed by atoms with Crippen molar-refractivity contribution in [3.8, 4) is 17.0 Å². The van der Waals surface area contributed by atoms with Gasteiger partial charge in [-0.05, 0) is 24.6 Å². The molecule has 7 heteroatoms. The molecule has 1 aromatic carbocycles. The summed E-state index contributed by atoms with van der Waals surface area (Å²) in [6.45, 7) is 0.106. The molecular formula is C15H16F2N4O. The zero-order valence-corrected chi connectivity index (χ0v) is 11.8. The molecule has 1 fully saturated rings. The third kappa shape index (κ3) is 2.79. The minimum absolute atomic E-state index is 0.0523. The van der Waals surface area contributed by atoms with Gasteiger partial charge >= 0.3 is 0 Å². The van der Waals surface area contributed by atoms with E-state index in [0.29, 0.717) is 29.9 Å². The quantitative estimate of drug-likeness (QED) is 0.892. The van der Waals surface area contributed by atoms with Crippen LogP contribution in [0.2, 0.25) is 0 Å². The number of phenolic OH excluding ortho intramolecular Hbond substituents is 1. The van der Waals surface area contributed by atoms with Crippen molar-refractivity contribution in [2.75, 3.05) is 23.7 Å². The first-order chi connectivity index (χ1) is 10.5. The van der Waals surface area contributed by atoms with Gasteiger partial charge < -0.3 is 15.7 Å². The molecule has 0 atom stereocenters. The second-order valence-electron chi connectivity index (χ2n) is 5.40. The third-order valence-corrected chi connectivity index (χ3v) is 3.71. The molecule has 0 unspecified atom stereocenters. The Morgan fingerprint density at radius 3 is 2.73 bits per heavy atom. The maximum Gasteiger partial charge on any atom is 0.265 e. The van der Waals surface area contributed by atoms with Crippen molar-refractivity contribution in [1.29, 1.82) is 0 Å². The Bertz CT molecular complexity index is 693. The molecule has 0 bridgehead atoms. The molecule has 1 aliphatic heterocycles. The molecule has 0 saturated carbocycles. The number of para-hydroxylation sites is 1. The summed E-state index contributed by atoms with van der Waals surface area (Å²) in [5.41, 5.74) is 7.11. The van der Waals surface area contributed by atoms with Gasteiger partial charge in [0, 0.05) is 18.5 Å². The maximum atomic E-state index is 13.6. The summed E-state index contributed by atoms with van der Waals surface area (Å²) in [5.74, 6) is -2.57. The lowest BCUT2D eigenvalue weighted by Crippen LogP contribution is -2.43. The summed E-state index contributed by atoms with van der Waals surface area (Å²) in [6.07, 6.45) is 0.273. The Morgan fingerprint density at radius 1 is 1.23 bits per heavy atom. The molecule has 3 rings (SSSR count). The number of phenols is 1. The number of nitrogens with zero attached hydrogens (tertiary/aromatic N) is 3. The van der Waals surface area contributed by atoms with E-state index in [1.54, 1.807) is 24.3 Å². The summed E-state index contributed by atoms with van der Waals surface area (Å²) >= 11 is 0. The van der Waals surface area contributed by atoms with Gasteiger partial charge in [0.2, 0.25) is 0 Å². The van der Waals surface area contributed by atoms with Gasteiger partial charge in [-0.15, -0.1) is 10.2 Å². The highest BCUT2D eigenvalue weighted by molar-refractivity contribution is 5.74. The van der Waals surface area contributed by atoms with Crippen LogP contribution in [0.15, 0.2) is 30.3 Å². The van der Waals surface area contributed by atoms with Crippen LogP contribution in [0.5, 0.6) is 5.75 Å². The minimum Gasteiger partial charge on any atom is -0.507 e. The summed E-state index contributed by atoms with van der Waals surface area (Å²) in [6, 6.07) is 8.25. The molecule has 1 aromatic heterocycles. The second kappa shape index (κ2) is 5.40. The van der Waals surface area contributed by atoms with Crippen molar-refractivity contribution >= 4 is 11.5 Å². The standard InChI is InChI=1S/C15H16F2N4O/c16-15(17)6-3-7-21(9-15)12-8-11(19-20-14(12)18)10-4-1-2-5-13(10)22/h1-2,4-5,8,22H,3,6-7,9H2,(H2,18,20). The fourth-order valence-electron chi connectivity index (χ4n) is 2.64. The van der Waals surface area contributed by atoms with Crippen LogP contribution in [0.3, 0.4) is 0 Å². The number of anilines is 2. The number of nitrogen functional groups attached to an aromatic ring is 1. The van der Waals surface area contributed by atoms with Gasteiger partial charge in [0.05, 0.1) is 17.9 Å². The molecule has 1 aliphatic rings. The van der Waals surface area contributed by atoms with E-state index in [0.717, 1.165) is 0 Å². The van der Waals surface area contributed by atoms with E-state index in [4.69, 9.17) is 5.73 Å². The summed E-state index contributed by atoms with van der Waals surface area (Å²) in [7, 11) is 0. The van der Waals surface area contributed by atoms with E-state index in [2.05, 4.69) is 10.2 Å². The lowest BCUT2D eigenvalue weighted by atomic mass is 10.1. The van der Waals surface area contributed by atoms with Crippen molar-refractivity contribution < 1.29 is 13.9 Å². The molecule has 2 heterocycles. The lowest BCUT2D eigenvalue weighted by molar-refractivity contribution is -0.0116. The Hall–Kier alpha value is -2.44. The predicted octanol–water partition coefficient (Wildman–Crippen LogP) is 2.67. The van der Waals surface area contributed by atoms with Gasteiger partial charge in [0.1, 0.15) is 5.75 Å². The van der Waals surface area contributed by atoms with Crippen LogP contribution in [-0.2, 0) is 0 Å². The Kier molecular flexibility index (Phi) is 3.56. The minimum atomic E-state index is -2.73. The zero-order chi connectivity index (χ0) is 15.7. The smallest absolute Gasteiger partial charge is 0.265 e. The van der Waals surface area contributed by atoms with Crippen molar-refractivity contribution in [2.45, 2.75) is 18.8 Å². The SMILES string of the molecule is Nc1nnc(-c2ccccc2O)cc1N1CCCC(F)(F)C1. The van der Waals surface area contributed by atoms with Crippen LogP contribution >= 0.6 is 0 Å². The number of piperidine rings is 1. The van der Waals surface area contributed by atoms with Crippen LogP contribution < -0.4 is 10.6 Å². The average Bonchev–Trinajstić information content (AvgIpc) is 2.47. The molecule has 22 heavy (non-hydrogen) atoms. The molecule has 116 valence electrons. The molecule has 2 aromatic rings. The van der Waals surface area contributed by atoms with Gasteiger partial charge in [-0.2, -0.15) is 0 Å². The highest BCUT2D eigenvalue weighted by atomic mass is 19.3. The highest BCUT2D eigenvalue weighted by Gasteiger charge is 2.36. The van der Waals surface area contributed by atoms with Crippen molar-refractivity contribution in [3.05, 3.63) is 30.3 Å². The molecule has 0 amide bonds. The lowest BCUT2D eigenvalue weighted by Gasteiger charge is -2.34. The van der Waals surface area contributed by atoms with Crippen molar-refractivity contribution in [1.82, 2.24) is 10.2 Å². The number of nitrogens with two attached hydrogens (primary N) is 1. The Balaban J connectivity index is 1.99. The topological polar surface area (TPSA) is 75.3 Å². The fraction of sp³-hybridized carbons (Fsp3) is 0.333. The summed E-state index contributed by atoms with van der Waals surface area (Å²) < 4.78 is 27.2. The second-order valence-corrected chi connectivity index (χ2v) is 5.40. The van der Waals surface area contributed by atoms with E-state index in [1.165, 1.54) is 11.0 Å². The highest BCUT2D eigenvalue weighted by Crippen LogP contribution is 2.35. The van der Waals surface area contributed by atoms with Gasteiger partial charge in [-0.3, -0.25) is 0 Å². The van der Waals surface area contributed by atoms with E-state index >= 15 is 0 Å². The molecule has 0 aliphatic carbocycles. The van der Waals surface area contributed by atoms with Gasteiger partial charge in [0.25, 0.3) is 5.92 Å². The molecule has 0 radical (unpaired) electrons. The van der Waals surface area contributed by atoms with E-state index in [-0.39, 0.29) is 24.5 Å². The van der Waals surface area contributed by atoms with E-state index in [9.17, 15) is 13.9 Å². The summed E-state index contributed by atoms with van der Waals surface area (Å²) in [4.78, 5) is 1.52. The first-order valence-electron chi connectivity index (χ1n) is 7.01.